The average Bonchev–Trinajstić information content (AvgIpc) is 2.96. The van der Waals surface area contributed by atoms with Crippen molar-refractivity contribution in [3.8, 4) is 0 Å². The van der Waals surface area contributed by atoms with Gasteiger partial charge in [0.15, 0.2) is 5.78 Å². The van der Waals surface area contributed by atoms with Crippen molar-refractivity contribution in [2.45, 2.75) is 48.6 Å². The molecule has 0 unspecified atom stereocenters. The first-order valence-corrected chi connectivity index (χ1v) is 12.1. The molecule has 178 valence electrons. The SMILES string of the molecule is N[C@@H](CC(F)(F)Cc1ccccc1)C(=O)N[C@H]1CCCN(S(=O)(=O)c2ccccc2)CC1=O. The highest BCUT2D eigenvalue weighted by Gasteiger charge is 2.37. The Morgan fingerprint density at radius 1 is 1.12 bits per heavy atom. The molecule has 1 saturated heterocycles. The topological polar surface area (TPSA) is 110 Å². The number of rotatable bonds is 8. The van der Waals surface area contributed by atoms with Gasteiger partial charge in [-0.1, -0.05) is 48.5 Å². The van der Waals surface area contributed by atoms with Gasteiger partial charge in [-0.05, 0) is 30.5 Å². The molecule has 1 amide bonds. The summed E-state index contributed by atoms with van der Waals surface area (Å²) in [7, 11) is -3.86. The first-order valence-electron chi connectivity index (χ1n) is 10.6. The van der Waals surface area contributed by atoms with Crippen LogP contribution in [0.2, 0.25) is 0 Å². The van der Waals surface area contributed by atoms with E-state index in [1.807, 2.05) is 0 Å². The molecule has 0 radical (unpaired) electrons. The summed E-state index contributed by atoms with van der Waals surface area (Å²) in [4.78, 5) is 25.2. The number of ketones is 1. The van der Waals surface area contributed by atoms with E-state index in [1.165, 1.54) is 12.1 Å². The molecule has 0 aromatic heterocycles. The Hall–Kier alpha value is -2.69. The number of carbonyl (C=O) groups is 2. The summed E-state index contributed by atoms with van der Waals surface area (Å²) in [6, 6.07) is 13.4. The molecule has 2 atom stereocenters. The van der Waals surface area contributed by atoms with Crippen molar-refractivity contribution in [2.75, 3.05) is 13.1 Å². The molecule has 1 aliphatic heterocycles. The van der Waals surface area contributed by atoms with Gasteiger partial charge in [0.1, 0.15) is 0 Å². The highest BCUT2D eigenvalue weighted by atomic mass is 32.2. The van der Waals surface area contributed by atoms with Crippen LogP contribution in [0, 0.1) is 0 Å². The summed E-state index contributed by atoms with van der Waals surface area (Å²) in [5.41, 5.74) is 6.15. The zero-order chi connectivity index (χ0) is 24.1. The fraction of sp³-hybridized carbons (Fsp3) is 0.391. The number of hydrogen-bond acceptors (Lipinski definition) is 5. The Balaban J connectivity index is 1.59. The second kappa shape index (κ2) is 10.5. The quantitative estimate of drug-likeness (QED) is 0.603. The zero-order valence-electron chi connectivity index (χ0n) is 18.0. The van der Waals surface area contributed by atoms with Gasteiger partial charge in [0.2, 0.25) is 15.9 Å². The van der Waals surface area contributed by atoms with Crippen LogP contribution < -0.4 is 11.1 Å². The van der Waals surface area contributed by atoms with Crippen LogP contribution in [-0.4, -0.2) is 55.5 Å². The van der Waals surface area contributed by atoms with Crippen molar-refractivity contribution in [3.05, 3.63) is 66.2 Å². The second-order valence-electron chi connectivity index (χ2n) is 8.15. The predicted molar refractivity (Wildman–Crippen MR) is 119 cm³/mol. The van der Waals surface area contributed by atoms with Crippen LogP contribution in [0.1, 0.15) is 24.8 Å². The lowest BCUT2D eigenvalue weighted by Crippen LogP contribution is -2.51. The highest BCUT2D eigenvalue weighted by Crippen LogP contribution is 2.25. The Bertz CT molecular complexity index is 1070. The number of hydrogen-bond donors (Lipinski definition) is 2. The molecule has 0 saturated carbocycles. The molecule has 7 nitrogen and oxygen atoms in total. The van der Waals surface area contributed by atoms with E-state index in [4.69, 9.17) is 5.73 Å². The van der Waals surface area contributed by atoms with Crippen LogP contribution in [0.3, 0.4) is 0 Å². The van der Waals surface area contributed by atoms with E-state index in [0.717, 1.165) is 4.31 Å². The number of nitrogens with zero attached hydrogens (tertiary/aromatic N) is 1. The standard InChI is InChI=1S/C23H27F2N3O4S/c24-23(25,14-17-8-3-1-4-9-17)15-19(26)22(30)27-20-12-7-13-28(16-21(20)29)33(31,32)18-10-5-2-6-11-18/h1-6,8-11,19-20H,7,12-16,26H2,(H,27,30)/t19-,20-/m0/s1. The molecular formula is C23H27F2N3O4S. The number of alkyl halides is 2. The van der Waals surface area contributed by atoms with Gasteiger partial charge < -0.3 is 11.1 Å². The molecule has 10 heteroatoms. The Labute approximate surface area is 192 Å². The highest BCUT2D eigenvalue weighted by molar-refractivity contribution is 7.89. The van der Waals surface area contributed by atoms with E-state index in [9.17, 15) is 26.8 Å². The zero-order valence-corrected chi connectivity index (χ0v) is 18.8. The normalized spacial score (nSPS) is 19.0. The van der Waals surface area contributed by atoms with Crippen LogP contribution >= 0.6 is 0 Å². The largest absolute Gasteiger partial charge is 0.345 e. The molecule has 33 heavy (non-hydrogen) atoms. The molecule has 2 aromatic carbocycles. The van der Waals surface area contributed by atoms with E-state index < -0.39 is 59.1 Å². The van der Waals surface area contributed by atoms with Gasteiger partial charge in [0, 0.05) is 19.4 Å². The average molecular weight is 480 g/mol. The molecule has 3 rings (SSSR count). The predicted octanol–water partition coefficient (Wildman–Crippen LogP) is 2.12. The Morgan fingerprint density at radius 2 is 1.73 bits per heavy atom. The molecule has 0 bridgehead atoms. The number of benzene rings is 2. The molecule has 2 aromatic rings. The van der Waals surface area contributed by atoms with Gasteiger partial charge in [-0.15, -0.1) is 0 Å². The molecule has 0 aliphatic carbocycles. The summed E-state index contributed by atoms with van der Waals surface area (Å²) < 4.78 is 55.5. The van der Waals surface area contributed by atoms with Crippen LogP contribution in [0.4, 0.5) is 8.78 Å². The molecule has 1 heterocycles. The van der Waals surface area contributed by atoms with E-state index >= 15 is 0 Å². The second-order valence-corrected chi connectivity index (χ2v) is 10.1. The van der Waals surface area contributed by atoms with Crippen molar-refractivity contribution in [1.29, 1.82) is 0 Å². The Morgan fingerprint density at radius 3 is 2.36 bits per heavy atom. The Kier molecular flexibility index (Phi) is 7.93. The minimum Gasteiger partial charge on any atom is -0.345 e. The van der Waals surface area contributed by atoms with Gasteiger partial charge in [-0.25, -0.2) is 17.2 Å². The van der Waals surface area contributed by atoms with Crippen LogP contribution in [0.25, 0.3) is 0 Å². The van der Waals surface area contributed by atoms with Crippen LogP contribution in [-0.2, 0) is 26.0 Å². The van der Waals surface area contributed by atoms with Crippen LogP contribution in [0.15, 0.2) is 65.6 Å². The third-order valence-corrected chi connectivity index (χ3v) is 7.34. The van der Waals surface area contributed by atoms with E-state index in [0.29, 0.717) is 12.0 Å². The lowest BCUT2D eigenvalue weighted by atomic mass is 10.00. The summed E-state index contributed by atoms with van der Waals surface area (Å²) in [6.45, 7) is -0.307. The van der Waals surface area contributed by atoms with Gasteiger partial charge >= 0.3 is 0 Å². The van der Waals surface area contributed by atoms with Crippen molar-refractivity contribution in [1.82, 2.24) is 9.62 Å². The first-order chi connectivity index (χ1) is 15.6. The van der Waals surface area contributed by atoms with Gasteiger partial charge in [-0.3, -0.25) is 9.59 Å². The number of halogens is 2. The van der Waals surface area contributed by atoms with Gasteiger partial charge in [0.05, 0.1) is 23.5 Å². The van der Waals surface area contributed by atoms with Crippen molar-refractivity contribution in [3.63, 3.8) is 0 Å². The third kappa shape index (κ3) is 6.66. The van der Waals surface area contributed by atoms with Gasteiger partial charge in [0.25, 0.3) is 5.92 Å². The summed E-state index contributed by atoms with van der Waals surface area (Å²) >= 11 is 0. The number of nitrogens with two attached hydrogens (primary N) is 1. The minimum atomic E-state index is -3.86. The number of carbonyl (C=O) groups excluding carboxylic acids is 2. The third-order valence-electron chi connectivity index (χ3n) is 5.48. The molecular weight excluding hydrogens is 452 g/mol. The molecule has 1 fully saturated rings. The van der Waals surface area contributed by atoms with Crippen molar-refractivity contribution in [2.24, 2.45) is 5.73 Å². The maximum absolute atomic E-state index is 14.4. The summed E-state index contributed by atoms with van der Waals surface area (Å²) in [5, 5.41) is 2.44. The number of amides is 1. The van der Waals surface area contributed by atoms with Crippen molar-refractivity contribution < 1.29 is 26.8 Å². The number of sulfonamides is 1. The maximum Gasteiger partial charge on any atom is 0.254 e. The van der Waals surface area contributed by atoms with Gasteiger partial charge in [-0.2, -0.15) is 4.31 Å². The van der Waals surface area contributed by atoms with E-state index in [1.54, 1.807) is 48.5 Å². The number of nitrogens with one attached hydrogen (secondary N) is 1. The summed E-state index contributed by atoms with van der Waals surface area (Å²) in [6.07, 6.45) is -0.909. The lowest BCUT2D eigenvalue weighted by Gasteiger charge is -2.23. The van der Waals surface area contributed by atoms with Crippen molar-refractivity contribution >= 4 is 21.7 Å². The molecule has 1 aliphatic rings. The van der Waals surface area contributed by atoms with E-state index in [-0.39, 0.29) is 17.9 Å². The number of Topliss-reactive ketones (excluding diaryl/α,β-unsaturated/α-hetero) is 1. The lowest BCUT2D eigenvalue weighted by molar-refractivity contribution is -0.129. The maximum atomic E-state index is 14.4. The smallest absolute Gasteiger partial charge is 0.254 e. The van der Waals surface area contributed by atoms with E-state index in [2.05, 4.69) is 5.32 Å². The summed E-state index contributed by atoms with van der Waals surface area (Å²) in [5.74, 6) is -4.57. The molecule has 0 spiro atoms. The fourth-order valence-corrected chi connectivity index (χ4v) is 5.22. The minimum absolute atomic E-state index is 0.0722. The fourth-order valence-electron chi connectivity index (χ4n) is 3.76. The first kappa shape index (κ1) is 24.9. The van der Waals surface area contributed by atoms with Crippen LogP contribution in [0.5, 0.6) is 0 Å². The molecule has 3 N–H and O–H groups in total. The monoisotopic (exact) mass is 479 g/mol.